The van der Waals surface area contributed by atoms with Crippen molar-refractivity contribution in [1.82, 2.24) is 9.38 Å². The summed E-state index contributed by atoms with van der Waals surface area (Å²) >= 11 is 1.72. The number of nitrogens with zero attached hydrogens (tertiary/aromatic N) is 2. The van der Waals surface area contributed by atoms with E-state index in [1.54, 1.807) is 11.8 Å². The minimum absolute atomic E-state index is 0.0671. The molecular formula is C25H25N3OS. The molecule has 0 aliphatic heterocycles. The Morgan fingerprint density at radius 2 is 1.70 bits per heavy atom. The Labute approximate surface area is 181 Å². The lowest BCUT2D eigenvalue weighted by atomic mass is 10.0. The number of fused-ring (bicyclic) bond motifs is 1. The fourth-order valence-electron chi connectivity index (χ4n) is 3.51. The van der Waals surface area contributed by atoms with Gasteiger partial charge in [-0.25, -0.2) is 4.98 Å². The molecule has 1 amide bonds. The molecule has 0 fully saturated rings. The van der Waals surface area contributed by atoms with Crippen LogP contribution in [0.25, 0.3) is 5.65 Å². The van der Waals surface area contributed by atoms with Gasteiger partial charge >= 0.3 is 0 Å². The van der Waals surface area contributed by atoms with E-state index in [9.17, 15) is 4.79 Å². The minimum atomic E-state index is -0.0671. The standard InChI is InChI=1S/C25H25N3OS/c1-3-18-8-7-9-19(4-2)24(18)27-25(29)20-11-13-22(14-12-20)30-17-21-16-28-15-6-5-10-23(28)26-21/h5-16H,3-4,17H2,1-2H3,(H,27,29). The van der Waals surface area contributed by atoms with Gasteiger partial charge in [-0.1, -0.05) is 38.1 Å². The molecule has 30 heavy (non-hydrogen) atoms. The van der Waals surface area contributed by atoms with Crippen LogP contribution >= 0.6 is 11.8 Å². The summed E-state index contributed by atoms with van der Waals surface area (Å²) in [5.41, 5.74) is 5.96. The topological polar surface area (TPSA) is 46.4 Å². The predicted molar refractivity (Wildman–Crippen MR) is 124 cm³/mol. The van der Waals surface area contributed by atoms with Crippen LogP contribution in [0.1, 0.15) is 41.0 Å². The highest BCUT2D eigenvalue weighted by atomic mass is 32.2. The summed E-state index contributed by atoms with van der Waals surface area (Å²) in [4.78, 5) is 18.6. The highest BCUT2D eigenvalue weighted by molar-refractivity contribution is 7.98. The number of rotatable bonds is 7. The molecule has 1 N–H and O–H groups in total. The Bertz CT molecular complexity index is 1110. The van der Waals surface area contributed by atoms with E-state index in [1.807, 2.05) is 53.1 Å². The molecule has 0 bridgehead atoms. The lowest BCUT2D eigenvalue weighted by molar-refractivity contribution is 0.102. The van der Waals surface area contributed by atoms with Crippen molar-refractivity contribution < 1.29 is 4.79 Å². The van der Waals surface area contributed by atoms with Crippen LogP contribution in [0, 0.1) is 0 Å². The highest BCUT2D eigenvalue weighted by Gasteiger charge is 2.12. The van der Waals surface area contributed by atoms with Crippen LogP contribution < -0.4 is 5.32 Å². The van der Waals surface area contributed by atoms with Crippen molar-refractivity contribution in [3.8, 4) is 0 Å². The first-order chi connectivity index (χ1) is 14.7. The van der Waals surface area contributed by atoms with Crippen molar-refractivity contribution in [2.24, 2.45) is 0 Å². The molecule has 0 aliphatic rings. The molecule has 0 saturated heterocycles. The second-order valence-corrected chi connectivity index (χ2v) is 8.17. The monoisotopic (exact) mass is 415 g/mol. The summed E-state index contributed by atoms with van der Waals surface area (Å²) < 4.78 is 2.03. The van der Waals surface area contributed by atoms with Crippen LogP contribution in [0.2, 0.25) is 0 Å². The Balaban J connectivity index is 1.42. The third-order valence-corrected chi connectivity index (χ3v) is 6.20. The number of amides is 1. The lowest BCUT2D eigenvalue weighted by Crippen LogP contribution is -2.14. The summed E-state index contributed by atoms with van der Waals surface area (Å²) in [6, 6.07) is 20.0. The van der Waals surface area contributed by atoms with Crippen LogP contribution in [0.15, 0.2) is 78.0 Å². The Morgan fingerprint density at radius 1 is 0.967 bits per heavy atom. The van der Waals surface area contributed by atoms with Crippen molar-refractivity contribution in [2.45, 2.75) is 37.3 Å². The molecule has 0 unspecified atom stereocenters. The molecule has 2 heterocycles. The fraction of sp³-hybridized carbons (Fsp3) is 0.200. The third-order valence-electron chi connectivity index (χ3n) is 5.15. The quantitative estimate of drug-likeness (QED) is 0.376. The Kier molecular flexibility index (Phi) is 6.19. The van der Waals surface area contributed by atoms with Crippen LogP contribution in [-0.4, -0.2) is 15.3 Å². The number of pyridine rings is 1. The van der Waals surface area contributed by atoms with Crippen molar-refractivity contribution >= 4 is 29.0 Å². The molecule has 0 aliphatic carbocycles. The van der Waals surface area contributed by atoms with E-state index in [2.05, 4.69) is 48.5 Å². The zero-order chi connectivity index (χ0) is 20.9. The Hall–Kier alpha value is -3.05. The molecule has 0 atom stereocenters. The van der Waals surface area contributed by atoms with Gasteiger partial charge in [-0.05, 0) is 60.4 Å². The van der Waals surface area contributed by atoms with Crippen LogP contribution in [0.4, 0.5) is 5.69 Å². The lowest BCUT2D eigenvalue weighted by Gasteiger charge is -2.14. The minimum Gasteiger partial charge on any atom is -0.321 e. The molecule has 5 heteroatoms. The first-order valence-corrected chi connectivity index (χ1v) is 11.2. The molecular weight excluding hydrogens is 390 g/mol. The van der Waals surface area contributed by atoms with Gasteiger partial charge in [0.25, 0.3) is 5.91 Å². The zero-order valence-electron chi connectivity index (χ0n) is 17.3. The average Bonchev–Trinajstić information content (AvgIpc) is 3.21. The molecule has 0 spiro atoms. The highest BCUT2D eigenvalue weighted by Crippen LogP contribution is 2.25. The van der Waals surface area contributed by atoms with Gasteiger partial charge in [0.2, 0.25) is 0 Å². The molecule has 2 aromatic heterocycles. The average molecular weight is 416 g/mol. The number of benzene rings is 2. The second-order valence-electron chi connectivity index (χ2n) is 7.12. The molecule has 4 rings (SSSR count). The maximum Gasteiger partial charge on any atom is 0.255 e. The van der Waals surface area contributed by atoms with E-state index >= 15 is 0 Å². The van der Waals surface area contributed by atoms with Crippen molar-refractivity contribution in [3.63, 3.8) is 0 Å². The third kappa shape index (κ3) is 4.41. The van der Waals surface area contributed by atoms with Gasteiger partial charge in [-0.15, -0.1) is 11.8 Å². The van der Waals surface area contributed by atoms with Gasteiger partial charge in [-0.3, -0.25) is 4.79 Å². The number of anilines is 1. The number of hydrogen-bond donors (Lipinski definition) is 1. The predicted octanol–water partition coefficient (Wildman–Crippen LogP) is 6.00. The fourth-order valence-corrected chi connectivity index (χ4v) is 4.29. The molecule has 152 valence electrons. The summed E-state index contributed by atoms with van der Waals surface area (Å²) in [6.45, 7) is 4.22. The van der Waals surface area contributed by atoms with Gasteiger partial charge < -0.3 is 9.72 Å². The van der Waals surface area contributed by atoms with Crippen molar-refractivity contribution in [1.29, 1.82) is 0 Å². The Morgan fingerprint density at radius 3 is 2.37 bits per heavy atom. The number of para-hydroxylation sites is 1. The second kappa shape index (κ2) is 9.18. The van der Waals surface area contributed by atoms with Crippen LogP contribution in [0.3, 0.4) is 0 Å². The number of imidazole rings is 1. The number of aryl methyl sites for hydroxylation is 2. The van der Waals surface area contributed by atoms with Gasteiger partial charge in [-0.2, -0.15) is 0 Å². The SMILES string of the molecule is CCc1cccc(CC)c1NC(=O)c1ccc(SCc2cn3ccccc3n2)cc1. The van der Waals surface area contributed by atoms with E-state index in [0.29, 0.717) is 5.56 Å². The van der Waals surface area contributed by atoms with E-state index < -0.39 is 0 Å². The number of hydrogen-bond acceptors (Lipinski definition) is 3. The van der Waals surface area contributed by atoms with Crippen molar-refractivity contribution in [2.75, 3.05) is 5.32 Å². The van der Waals surface area contributed by atoms with Gasteiger partial charge in [0.1, 0.15) is 5.65 Å². The zero-order valence-corrected chi connectivity index (χ0v) is 18.1. The molecule has 4 nitrogen and oxygen atoms in total. The summed E-state index contributed by atoms with van der Waals surface area (Å²) in [7, 11) is 0. The first-order valence-electron chi connectivity index (χ1n) is 10.3. The number of aromatic nitrogens is 2. The van der Waals surface area contributed by atoms with Gasteiger partial charge in [0.15, 0.2) is 0 Å². The van der Waals surface area contributed by atoms with E-state index in [0.717, 1.165) is 40.5 Å². The molecule has 2 aromatic carbocycles. The van der Waals surface area contributed by atoms with Crippen LogP contribution in [0.5, 0.6) is 0 Å². The number of carbonyl (C=O) groups excluding carboxylic acids is 1. The van der Waals surface area contributed by atoms with E-state index in [-0.39, 0.29) is 5.91 Å². The normalized spacial score (nSPS) is 11.0. The van der Waals surface area contributed by atoms with E-state index in [1.165, 1.54) is 11.1 Å². The summed E-state index contributed by atoms with van der Waals surface area (Å²) in [5, 5.41) is 3.13. The number of thioether (sulfide) groups is 1. The number of nitrogens with one attached hydrogen (secondary N) is 1. The van der Waals surface area contributed by atoms with Crippen molar-refractivity contribution in [3.05, 3.63) is 95.4 Å². The maximum absolute atomic E-state index is 12.8. The molecule has 0 saturated carbocycles. The first kappa shape index (κ1) is 20.2. The largest absolute Gasteiger partial charge is 0.321 e. The van der Waals surface area contributed by atoms with Gasteiger partial charge in [0, 0.05) is 34.3 Å². The van der Waals surface area contributed by atoms with Gasteiger partial charge in [0.05, 0.1) is 5.69 Å². The molecule has 4 aromatic rings. The maximum atomic E-state index is 12.8. The van der Waals surface area contributed by atoms with E-state index in [4.69, 9.17) is 0 Å². The smallest absolute Gasteiger partial charge is 0.255 e. The number of carbonyl (C=O) groups is 1. The molecule has 0 radical (unpaired) electrons. The summed E-state index contributed by atoms with van der Waals surface area (Å²) in [6.07, 6.45) is 5.84. The summed E-state index contributed by atoms with van der Waals surface area (Å²) in [5.74, 6) is 0.722. The van der Waals surface area contributed by atoms with Crippen LogP contribution in [-0.2, 0) is 18.6 Å².